The minimum absolute atomic E-state index is 0.0405. The van der Waals surface area contributed by atoms with E-state index in [4.69, 9.17) is 0 Å². The van der Waals surface area contributed by atoms with E-state index in [9.17, 15) is 4.79 Å². The number of hydrogen-bond donors (Lipinski definition) is 1. The summed E-state index contributed by atoms with van der Waals surface area (Å²) in [7, 11) is 0. The Morgan fingerprint density at radius 1 is 1.46 bits per heavy atom. The molecule has 0 spiro atoms. The van der Waals surface area contributed by atoms with E-state index in [2.05, 4.69) is 21.2 Å². The fourth-order valence-corrected chi connectivity index (χ4v) is 1.84. The van der Waals surface area contributed by atoms with Gasteiger partial charge in [-0.2, -0.15) is 0 Å². The van der Waals surface area contributed by atoms with Gasteiger partial charge in [-0.3, -0.25) is 4.79 Å². The van der Waals surface area contributed by atoms with Crippen molar-refractivity contribution in [2.24, 2.45) is 0 Å². The summed E-state index contributed by atoms with van der Waals surface area (Å²) in [6.45, 7) is 0.959. The Balaban J connectivity index is 2.24. The van der Waals surface area contributed by atoms with Crippen molar-refractivity contribution in [3.05, 3.63) is 34.3 Å². The van der Waals surface area contributed by atoms with Crippen LogP contribution in [0.5, 0.6) is 0 Å². The zero-order valence-electron chi connectivity index (χ0n) is 7.09. The first-order chi connectivity index (χ1) is 6.29. The van der Waals surface area contributed by atoms with Gasteiger partial charge in [0.05, 0.1) is 6.04 Å². The van der Waals surface area contributed by atoms with E-state index in [0.717, 1.165) is 23.0 Å². The molecule has 13 heavy (non-hydrogen) atoms. The lowest BCUT2D eigenvalue weighted by Gasteiger charge is -2.26. The standard InChI is InChI=1S/C10H10BrNO/c11-8-4-2-1-3-7(8)10(13)9-5-6-12-9/h1-4,9,12H,5-6H2. The first kappa shape index (κ1) is 8.91. The number of nitrogens with one attached hydrogen (secondary N) is 1. The molecule has 1 fully saturated rings. The van der Waals surface area contributed by atoms with Gasteiger partial charge in [-0.1, -0.05) is 34.1 Å². The van der Waals surface area contributed by atoms with E-state index >= 15 is 0 Å². The van der Waals surface area contributed by atoms with E-state index in [0.29, 0.717) is 0 Å². The molecular formula is C10H10BrNO. The smallest absolute Gasteiger partial charge is 0.180 e. The summed E-state index contributed by atoms with van der Waals surface area (Å²) in [5.74, 6) is 0.193. The predicted octanol–water partition coefficient (Wildman–Crippen LogP) is 1.99. The van der Waals surface area contributed by atoms with E-state index in [1.54, 1.807) is 0 Å². The summed E-state index contributed by atoms with van der Waals surface area (Å²) >= 11 is 3.37. The Morgan fingerprint density at radius 3 is 2.69 bits per heavy atom. The fraction of sp³-hybridized carbons (Fsp3) is 0.300. The normalized spacial score (nSPS) is 20.8. The third kappa shape index (κ3) is 1.67. The van der Waals surface area contributed by atoms with Crippen LogP contribution in [0.1, 0.15) is 16.8 Å². The summed E-state index contributed by atoms with van der Waals surface area (Å²) in [5, 5.41) is 3.10. The summed E-state index contributed by atoms with van der Waals surface area (Å²) in [6, 6.07) is 7.59. The molecule has 0 aliphatic carbocycles. The number of benzene rings is 1. The van der Waals surface area contributed by atoms with Gasteiger partial charge >= 0.3 is 0 Å². The second-order valence-electron chi connectivity index (χ2n) is 3.14. The van der Waals surface area contributed by atoms with Crippen molar-refractivity contribution in [1.82, 2.24) is 5.32 Å². The molecule has 1 saturated heterocycles. The van der Waals surface area contributed by atoms with Crippen LogP contribution >= 0.6 is 15.9 Å². The van der Waals surface area contributed by atoms with Crippen molar-refractivity contribution in [1.29, 1.82) is 0 Å². The highest BCUT2D eigenvalue weighted by Gasteiger charge is 2.26. The van der Waals surface area contributed by atoms with Gasteiger partial charge in [0, 0.05) is 10.0 Å². The van der Waals surface area contributed by atoms with Crippen molar-refractivity contribution in [3.8, 4) is 0 Å². The SMILES string of the molecule is O=C(c1ccccc1Br)C1CCN1. The van der Waals surface area contributed by atoms with Gasteiger partial charge in [0.2, 0.25) is 0 Å². The Hall–Kier alpha value is -0.670. The first-order valence-electron chi connectivity index (χ1n) is 4.31. The van der Waals surface area contributed by atoms with Gasteiger partial charge in [0.1, 0.15) is 0 Å². The number of carbonyl (C=O) groups excluding carboxylic acids is 1. The molecule has 2 nitrogen and oxygen atoms in total. The molecule has 1 aromatic rings. The molecule has 2 rings (SSSR count). The lowest BCUT2D eigenvalue weighted by atomic mass is 9.97. The molecule has 0 amide bonds. The van der Waals surface area contributed by atoms with Gasteiger partial charge < -0.3 is 5.32 Å². The third-order valence-corrected chi connectivity index (χ3v) is 2.97. The van der Waals surface area contributed by atoms with Crippen LogP contribution < -0.4 is 5.32 Å². The minimum Gasteiger partial charge on any atom is -0.307 e. The van der Waals surface area contributed by atoms with Crippen molar-refractivity contribution in [2.75, 3.05) is 6.54 Å². The first-order valence-corrected chi connectivity index (χ1v) is 5.10. The lowest BCUT2D eigenvalue weighted by Crippen LogP contribution is -2.48. The maximum Gasteiger partial charge on any atom is 0.180 e. The number of carbonyl (C=O) groups is 1. The topological polar surface area (TPSA) is 29.1 Å². The largest absolute Gasteiger partial charge is 0.307 e. The highest BCUT2D eigenvalue weighted by atomic mass is 79.9. The van der Waals surface area contributed by atoms with Crippen LogP contribution in [0.3, 0.4) is 0 Å². The molecule has 0 radical (unpaired) electrons. The van der Waals surface area contributed by atoms with Crippen molar-refractivity contribution in [2.45, 2.75) is 12.5 Å². The number of ketones is 1. The highest BCUT2D eigenvalue weighted by molar-refractivity contribution is 9.10. The van der Waals surface area contributed by atoms with Gasteiger partial charge in [-0.25, -0.2) is 0 Å². The molecule has 1 N–H and O–H groups in total. The minimum atomic E-state index is 0.0405. The maximum atomic E-state index is 11.8. The summed E-state index contributed by atoms with van der Waals surface area (Å²) in [5.41, 5.74) is 0.778. The van der Waals surface area contributed by atoms with Crippen molar-refractivity contribution < 1.29 is 4.79 Å². The molecule has 0 bridgehead atoms. The lowest BCUT2D eigenvalue weighted by molar-refractivity contribution is 0.0903. The Labute approximate surface area is 85.5 Å². The molecule has 68 valence electrons. The van der Waals surface area contributed by atoms with Crippen LogP contribution in [-0.4, -0.2) is 18.4 Å². The quantitative estimate of drug-likeness (QED) is 0.801. The summed E-state index contributed by atoms with van der Waals surface area (Å²) in [4.78, 5) is 11.8. The molecule has 1 aliphatic rings. The number of hydrogen-bond acceptors (Lipinski definition) is 2. The second kappa shape index (κ2) is 3.60. The zero-order valence-corrected chi connectivity index (χ0v) is 8.67. The Kier molecular flexibility index (Phi) is 2.47. The molecule has 1 aliphatic heterocycles. The predicted molar refractivity (Wildman–Crippen MR) is 54.9 cm³/mol. The maximum absolute atomic E-state index is 11.8. The van der Waals surface area contributed by atoms with Crippen LogP contribution in [0.4, 0.5) is 0 Å². The average Bonchev–Trinajstić information content (AvgIpc) is 2.01. The van der Waals surface area contributed by atoms with Crippen LogP contribution in [0, 0.1) is 0 Å². The summed E-state index contributed by atoms with van der Waals surface area (Å²) in [6.07, 6.45) is 0.958. The molecular weight excluding hydrogens is 230 g/mol. The molecule has 3 heteroatoms. The highest BCUT2D eigenvalue weighted by Crippen LogP contribution is 2.19. The Morgan fingerprint density at radius 2 is 2.15 bits per heavy atom. The van der Waals surface area contributed by atoms with Gasteiger partial charge in [0.15, 0.2) is 5.78 Å². The van der Waals surface area contributed by atoms with E-state index in [-0.39, 0.29) is 11.8 Å². The second-order valence-corrected chi connectivity index (χ2v) is 3.99. The Bertz CT molecular complexity index is 333. The molecule has 1 aromatic carbocycles. The number of Topliss-reactive ketones (excluding diaryl/α,β-unsaturated/α-hetero) is 1. The van der Waals surface area contributed by atoms with Crippen molar-refractivity contribution >= 4 is 21.7 Å². The van der Waals surface area contributed by atoms with Crippen LogP contribution in [0.2, 0.25) is 0 Å². The molecule has 1 atom stereocenters. The molecule has 0 saturated carbocycles. The van der Waals surface area contributed by atoms with E-state index in [1.807, 2.05) is 24.3 Å². The van der Waals surface area contributed by atoms with Crippen LogP contribution in [-0.2, 0) is 0 Å². The molecule has 1 unspecified atom stereocenters. The van der Waals surface area contributed by atoms with Gasteiger partial charge in [-0.15, -0.1) is 0 Å². The molecule has 0 aromatic heterocycles. The molecule has 1 heterocycles. The van der Waals surface area contributed by atoms with Crippen LogP contribution in [0.15, 0.2) is 28.7 Å². The number of halogens is 1. The van der Waals surface area contributed by atoms with Gasteiger partial charge in [0.25, 0.3) is 0 Å². The van der Waals surface area contributed by atoms with E-state index in [1.165, 1.54) is 0 Å². The van der Waals surface area contributed by atoms with Crippen molar-refractivity contribution in [3.63, 3.8) is 0 Å². The van der Waals surface area contributed by atoms with Crippen LogP contribution in [0.25, 0.3) is 0 Å². The zero-order chi connectivity index (χ0) is 9.26. The van der Waals surface area contributed by atoms with E-state index < -0.39 is 0 Å². The third-order valence-electron chi connectivity index (χ3n) is 2.28. The monoisotopic (exact) mass is 239 g/mol. The number of rotatable bonds is 2. The fourth-order valence-electron chi connectivity index (χ4n) is 1.36. The summed E-state index contributed by atoms with van der Waals surface area (Å²) < 4.78 is 0.883. The van der Waals surface area contributed by atoms with Gasteiger partial charge in [-0.05, 0) is 19.0 Å². The average molecular weight is 240 g/mol.